The Morgan fingerprint density at radius 1 is 1.14 bits per heavy atom. The van der Waals surface area contributed by atoms with Crippen molar-refractivity contribution in [3.05, 3.63) is 63.7 Å². The van der Waals surface area contributed by atoms with Crippen LogP contribution in [0.3, 0.4) is 0 Å². The largest absolute Gasteiger partial charge is 0.295 e. The van der Waals surface area contributed by atoms with Crippen molar-refractivity contribution in [1.82, 2.24) is 4.31 Å². The number of sulfonamides is 1. The van der Waals surface area contributed by atoms with Gasteiger partial charge in [-0.05, 0) is 30.5 Å². The minimum absolute atomic E-state index is 0.104. The van der Waals surface area contributed by atoms with Crippen molar-refractivity contribution >= 4 is 27.1 Å². The van der Waals surface area contributed by atoms with E-state index in [0.29, 0.717) is 13.1 Å². The zero-order chi connectivity index (χ0) is 20.3. The quantitative estimate of drug-likeness (QED) is 0.565. The maximum atomic E-state index is 12.6. The summed E-state index contributed by atoms with van der Waals surface area (Å²) in [6, 6.07) is 11.7. The van der Waals surface area contributed by atoms with E-state index in [0.717, 1.165) is 30.2 Å². The molecule has 0 saturated heterocycles. The Labute approximate surface area is 164 Å². The van der Waals surface area contributed by atoms with Crippen molar-refractivity contribution in [2.45, 2.75) is 31.6 Å². The van der Waals surface area contributed by atoms with Crippen LogP contribution in [0.15, 0.2) is 52.5 Å². The summed E-state index contributed by atoms with van der Waals surface area (Å²) in [4.78, 5) is 10.8. The highest BCUT2D eigenvalue weighted by atomic mass is 32.2. The number of nitro benzene ring substituents is 1. The molecule has 1 N–H and O–H groups in total. The maximum Gasteiger partial charge on any atom is 0.295 e. The van der Waals surface area contributed by atoms with E-state index in [1.807, 2.05) is 24.3 Å². The Kier molecular flexibility index (Phi) is 5.76. The number of nitro groups is 1. The highest BCUT2D eigenvalue weighted by Crippen LogP contribution is 2.30. The van der Waals surface area contributed by atoms with E-state index in [2.05, 4.69) is 10.5 Å². The van der Waals surface area contributed by atoms with Crippen LogP contribution in [0.4, 0.5) is 11.4 Å². The zero-order valence-corrected chi connectivity index (χ0v) is 16.6. The third-order valence-electron chi connectivity index (χ3n) is 4.78. The molecule has 9 heteroatoms. The zero-order valence-electron chi connectivity index (χ0n) is 15.8. The fourth-order valence-electron chi connectivity index (χ4n) is 3.28. The summed E-state index contributed by atoms with van der Waals surface area (Å²) < 4.78 is 26.5. The van der Waals surface area contributed by atoms with Crippen molar-refractivity contribution in [3.8, 4) is 0 Å². The third-order valence-corrected chi connectivity index (χ3v) is 6.83. The first-order chi connectivity index (χ1) is 13.4. The number of hydrazone groups is 1. The van der Waals surface area contributed by atoms with Crippen LogP contribution < -0.4 is 5.43 Å². The maximum absolute atomic E-state index is 12.6. The van der Waals surface area contributed by atoms with Crippen molar-refractivity contribution in [2.24, 2.45) is 5.10 Å². The summed E-state index contributed by atoms with van der Waals surface area (Å²) in [5.41, 5.74) is 5.62. The number of fused-ring (bicyclic) bond motifs is 1. The molecule has 0 spiro atoms. The van der Waals surface area contributed by atoms with Crippen molar-refractivity contribution in [2.75, 3.05) is 18.5 Å². The predicted molar refractivity (Wildman–Crippen MR) is 108 cm³/mol. The lowest BCUT2D eigenvalue weighted by Gasteiger charge is -2.18. The predicted octanol–water partition coefficient (Wildman–Crippen LogP) is 3.39. The second kappa shape index (κ2) is 8.07. The first kappa shape index (κ1) is 20.0. The van der Waals surface area contributed by atoms with Gasteiger partial charge in [-0.2, -0.15) is 9.41 Å². The average molecular weight is 402 g/mol. The molecule has 0 amide bonds. The number of anilines is 1. The van der Waals surface area contributed by atoms with Crippen molar-refractivity contribution in [3.63, 3.8) is 0 Å². The smallest absolute Gasteiger partial charge is 0.271 e. The minimum atomic E-state index is -3.78. The lowest BCUT2D eigenvalue weighted by atomic mass is 10.1. The van der Waals surface area contributed by atoms with Crippen LogP contribution in [0.1, 0.15) is 31.4 Å². The molecule has 0 saturated carbocycles. The van der Waals surface area contributed by atoms with E-state index >= 15 is 0 Å². The molecule has 0 bridgehead atoms. The Morgan fingerprint density at radius 2 is 1.86 bits per heavy atom. The Hall–Kier alpha value is -2.78. The third kappa shape index (κ3) is 3.76. The Balaban J connectivity index is 1.93. The van der Waals surface area contributed by atoms with E-state index in [9.17, 15) is 18.5 Å². The molecule has 0 heterocycles. The number of nitrogens with zero attached hydrogens (tertiary/aromatic N) is 3. The van der Waals surface area contributed by atoms with Crippen LogP contribution in [0.5, 0.6) is 0 Å². The van der Waals surface area contributed by atoms with Crippen LogP contribution in [0.25, 0.3) is 0 Å². The van der Waals surface area contributed by atoms with Crippen LogP contribution in [0, 0.1) is 10.1 Å². The Bertz CT molecular complexity index is 1030. The molecule has 148 valence electrons. The molecule has 0 unspecified atom stereocenters. The number of hydrogen-bond donors (Lipinski definition) is 1. The molecule has 0 radical (unpaired) electrons. The highest BCUT2D eigenvalue weighted by Gasteiger charge is 2.26. The molecular formula is C19H22N4O4S. The number of nitrogens with one attached hydrogen (secondary N) is 1. The second-order valence-electron chi connectivity index (χ2n) is 6.35. The number of aryl methyl sites for hydroxylation is 1. The van der Waals surface area contributed by atoms with Gasteiger partial charge in [0.2, 0.25) is 10.0 Å². The number of hydrogen-bond acceptors (Lipinski definition) is 6. The molecular weight excluding hydrogens is 380 g/mol. The fraction of sp³-hybridized carbons (Fsp3) is 0.316. The van der Waals surface area contributed by atoms with Gasteiger partial charge in [0.1, 0.15) is 5.69 Å². The van der Waals surface area contributed by atoms with E-state index < -0.39 is 14.9 Å². The topological polar surface area (TPSA) is 105 Å². The SMILES string of the molecule is CCN(CC)S(=O)(=O)c1ccc(NN=C2CCc3ccccc32)c([N+](=O)[O-])c1. The molecule has 3 rings (SSSR count). The van der Waals surface area contributed by atoms with Gasteiger partial charge in [-0.25, -0.2) is 8.42 Å². The summed E-state index contributed by atoms with van der Waals surface area (Å²) >= 11 is 0. The lowest BCUT2D eigenvalue weighted by Crippen LogP contribution is -2.30. The minimum Gasteiger partial charge on any atom is -0.271 e. The summed E-state index contributed by atoms with van der Waals surface area (Å²) in [6.07, 6.45) is 1.62. The molecule has 1 aliphatic carbocycles. The lowest BCUT2D eigenvalue weighted by molar-refractivity contribution is -0.384. The van der Waals surface area contributed by atoms with E-state index in [1.54, 1.807) is 13.8 Å². The van der Waals surface area contributed by atoms with E-state index in [4.69, 9.17) is 0 Å². The van der Waals surface area contributed by atoms with Gasteiger partial charge in [0.25, 0.3) is 5.69 Å². The molecule has 0 fully saturated rings. The molecule has 0 aliphatic heterocycles. The Morgan fingerprint density at radius 3 is 2.54 bits per heavy atom. The molecule has 8 nitrogen and oxygen atoms in total. The van der Waals surface area contributed by atoms with Gasteiger partial charge in [0.15, 0.2) is 0 Å². The van der Waals surface area contributed by atoms with Gasteiger partial charge in [0, 0.05) is 24.7 Å². The second-order valence-corrected chi connectivity index (χ2v) is 8.29. The molecule has 1 aliphatic rings. The summed E-state index contributed by atoms with van der Waals surface area (Å²) in [5.74, 6) is 0. The van der Waals surface area contributed by atoms with Crippen LogP contribution >= 0.6 is 0 Å². The van der Waals surface area contributed by atoms with Crippen molar-refractivity contribution in [1.29, 1.82) is 0 Å². The first-order valence-electron chi connectivity index (χ1n) is 9.08. The normalized spacial score (nSPS) is 15.0. The van der Waals surface area contributed by atoms with Gasteiger partial charge >= 0.3 is 0 Å². The summed E-state index contributed by atoms with van der Waals surface area (Å²) in [7, 11) is -3.78. The van der Waals surface area contributed by atoms with Gasteiger partial charge in [-0.15, -0.1) is 0 Å². The summed E-state index contributed by atoms with van der Waals surface area (Å²) in [6.45, 7) is 4.03. The average Bonchev–Trinajstić information content (AvgIpc) is 3.10. The van der Waals surface area contributed by atoms with Crippen LogP contribution in [-0.2, 0) is 16.4 Å². The molecule has 2 aromatic rings. The van der Waals surface area contributed by atoms with E-state index in [1.165, 1.54) is 22.0 Å². The molecule has 0 atom stereocenters. The van der Waals surface area contributed by atoms with Gasteiger partial charge < -0.3 is 0 Å². The first-order valence-corrected chi connectivity index (χ1v) is 10.5. The van der Waals surface area contributed by atoms with Gasteiger partial charge in [0.05, 0.1) is 15.5 Å². The van der Waals surface area contributed by atoms with Gasteiger partial charge in [-0.3, -0.25) is 15.5 Å². The summed E-state index contributed by atoms with van der Waals surface area (Å²) in [5, 5.41) is 15.9. The molecule has 0 aromatic heterocycles. The highest BCUT2D eigenvalue weighted by molar-refractivity contribution is 7.89. The van der Waals surface area contributed by atoms with Crippen LogP contribution in [-0.4, -0.2) is 36.4 Å². The monoisotopic (exact) mass is 402 g/mol. The van der Waals surface area contributed by atoms with E-state index in [-0.39, 0.29) is 16.3 Å². The fourth-order valence-corrected chi connectivity index (χ4v) is 4.76. The molecule has 28 heavy (non-hydrogen) atoms. The number of rotatable bonds is 7. The molecule has 2 aromatic carbocycles. The standard InChI is InChI=1S/C19H22N4O4S/c1-3-22(4-2)28(26,27)15-10-12-18(19(13-15)23(24)25)21-20-17-11-9-14-7-5-6-8-16(14)17/h5-8,10,12-13,21H,3-4,9,11H2,1-2H3. The van der Waals surface area contributed by atoms with Crippen LogP contribution in [0.2, 0.25) is 0 Å². The number of benzene rings is 2. The van der Waals surface area contributed by atoms with Crippen molar-refractivity contribution < 1.29 is 13.3 Å². The van der Waals surface area contributed by atoms with Gasteiger partial charge in [-0.1, -0.05) is 38.1 Å².